The molecule has 0 N–H and O–H groups in total. The Morgan fingerprint density at radius 2 is 1.35 bits per heavy atom. The summed E-state index contributed by atoms with van der Waals surface area (Å²) in [6, 6.07) is 46.2. The van der Waals surface area contributed by atoms with E-state index in [1.165, 1.54) is 28.1 Å². The van der Waals surface area contributed by atoms with Crippen molar-refractivity contribution in [2.24, 2.45) is 0 Å². The lowest BCUT2D eigenvalue weighted by atomic mass is 9.90. The normalized spacial score (nSPS) is 18.8. The highest BCUT2D eigenvalue weighted by atomic mass is 79.9. The summed E-state index contributed by atoms with van der Waals surface area (Å²) in [5, 5.41) is 0. The van der Waals surface area contributed by atoms with E-state index in [0.717, 1.165) is 43.6 Å². The zero-order valence-electron chi connectivity index (χ0n) is 29.1. The molecule has 1 fully saturated rings. The summed E-state index contributed by atoms with van der Waals surface area (Å²) in [7, 11) is 0. The maximum absolute atomic E-state index is 13.6. The van der Waals surface area contributed by atoms with Crippen molar-refractivity contribution in [3.05, 3.63) is 188 Å². The molecule has 1 aromatic heterocycles. The molecule has 0 unspecified atom stereocenters. The second kappa shape index (κ2) is 17.7. The highest BCUT2D eigenvalue weighted by molar-refractivity contribution is 9.10. The molecule has 52 heavy (non-hydrogen) atoms. The second-order valence-electron chi connectivity index (χ2n) is 13.3. The lowest BCUT2D eigenvalue weighted by Gasteiger charge is -2.42. The Morgan fingerprint density at radius 3 is 2.00 bits per heavy atom. The molecule has 2 heterocycles. The molecule has 1 aliphatic heterocycles. The third-order valence-electron chi connectivity index (χ3n) is 9.42. The first kappa shape index (κ1) is 36.4. The van der Waals surface area contributed by atoms with E-state index in [-0.39, 0.29) is 24.1 Å². The van der Waals surface area contributed by atoms with Gasteiger partial charge in [0.2, 0.25) is 0 Å². The van der Waals surface area contributed by atoms with Crippen molar-refractivity contribution in [2.45, 2.75) is 64.0 Å². The summed E-state index contributed by atoms with van der Waals surface area (Å²) < 4.78 is 41.4. The SMILES string of the molecule is Cc1cc(Br)c([C@@H]2O[C@H](COCc3ccccc3)C[C@H](OCc3ccccc3)[C@H]2OCc2ccccc2)cc1Cc1ccc(-c2ccc(F)cc2)s1. The summed E-state index contributed by atoms with van der Waals surface area (Å²) in [5.41, 5.74) is 7.76. The van der Waals surface area contributed by atoms with Crippen LogP contribution in [0.5, 0.6) is 0 Å². The van der Waals surface area contributed by atoms with Gasteiger partial charge in [-0.05, 0) is 76.2 Å². The maximum Gasteiger partial charge on any atom is 0.123 e. The molecular formula is C45H42BrFO4S. The zero-order chi connectivity index (χ0) is 35.7. The van der Waals surface area contributed by atoms with Crippen LogP contribution in [-0.2, 0) is 45.2 Å². The highest BCUT2D eigenvalue weighted by Gasteiger charge is 2.42. The van der Waals surface area contributed by atoms with E-state index in [4.69, 9.17) is 18.9 Å². The molecule has 0 aliphatic carbocycles. The van der Waals surface area contributed by atoms with E-state index in [1.54, 1.807) is 11.3 Å². The summed E-state index contributed by atoms with van der Waals surface area (Å²) in [6.07, 6.45) is 0.134. The molecule has 0 radical (unpaired) electrons. The number of thiophene rings is 1. The van der Waals surface area contributed by atoms with Gasteiger partial charge >= 0.3 is 0 Å². The molecule has 4 nitrogen and oxygen atoms in total. The van der Waals surface area contributed by atoms with Crippen molar-refractivity contribution in [3.63, 3.8) is 0 Å². The van der Waals surface area contributed by atoms with Crippen molar-refractivity contribution < 1.29 is 23.3 Å². The first-order chi connectivity index (χ1) is 25.5. The fourth-order valence-electron chi connectivity index (χ4n) is 6.65. The fraction of sp³-hybridized carbons (Fsp3) is 0.244. The summed E-state index contributed by atoms with van der Waals surface area (Å²) in [5.74, 6) is -0.229. The number of rotatable bonds is 14. The number of aryl methyl sites for hydroxylation is 1. The molecule has 6 aromatic rings. The van der Waals surface area contributed by atoms with Gasteiger partial charge in [-0.25, -0.2) is 4.39 Å². The number of halogens is 2. The summed E-state index contributed by atoms with van der Waals surface area (Å²) in [4.78, 5) is 2.35. The van der Waals surface area contributed by atoms with Gasteiger partial charge in [0, 0.05) is 27.1 Å². The molecule has 0 saturated carbocycles. The van der Waals surface area contributed by atoms with Crippen molar-refractivity contribution in [2.75, 3.05) is 6.61 Å². The maximum atomic E-state index is 13.6. The van der Waals surface area contributed by atoms with Crippen LogP contribution >= 0.6 is 27.3 Å². The molecular weight excluding hydrogens is 735 g/mol. The summed E-state index contributed by atoms with van der Waals surface area (Å²) >= 11 is 5.66. The van der Waals surface area contributed by atoms with E-state index in [1.807, 2.05) is 66.7 Å². The van der Waals surface area contributed by atoms with Crippen LogP contribution in [0.4, 0.5) is 4.39 Å². The largest absolute Gasteiger partial charge is 0.374 e. The van der Waals surface area contributed by atoms with Crippen molar-refractivity contribution >= 4 is 27.3 Å². The average molecular weight is 778 g/mol. The number of benzene rings is 5. The van der Waals surface area contributed by atoms with Crippen LogP contribution in [-0.4, -0.2) is 24.9 Å². The third-order valence-corrected chi connectivity index (χ3v) is 11.2. The van der Waals surface area contributed by atoms with Crippen LogP contribution in [0.1, 0.15) is 50.8 Å². The zero-order valence-corrected chi connectivity index (χ0v) is 31.5. The predicted molar refractivity (Wildman–Crippen MR) is 210 cm³/mol. The van der Waals surface area contributed by atoms with Crippen molar-refractivity contribution in [1.29, 1.82) is 0 Å². The van der Waals surface area contributed by atoms with Gasteiger partial charge < -0.3 is 18.9 Å². The Labute approximate surface area is 318 Å². The minimum absolute atomic E-state index is 0.210. The molecule has 0 amide bonds. The Hall–Kier alpha value is -3.95. The third kappa shape index (κ3) is 9.53. The van der Waals surface area contributed by atoms with Gasteiger partial charge in [-0.15, -0.1) is 11.3 Å². The van der Waals surface area contributed by atoms with Gasteiger partial charge in [-0.3, -0.25) is 0 Å². The first-order valence-electron chi connectivity index (χ1n) is 17.7. The minimum atomic E-state index is -0.421. The van der Waals surface area contributed by atoms with Gasteiger partial charge in [0.05, 0.1) is 38.6 Å². The Balaban J connectivity index is 1.18. The van der Waals surface area contributed by atoms with Crippen molar-refractivity contribution in [1.82, 2.24) is 0 Å². The monoisotopic (exact) mass is 776 g/mol. The smallest absolute Gasteiger partial charge is 0.123 e. The molecule has 7 rings (SSSR count). The van der Waals surface area contributed by atoms with Gasteiger partial charge in [0.15, 0.2) is 0 Å². The number of ether oxygens (including phenoxy) is 4. The molecule has 5 aromatic carbocycles. The van der Waals surface area contributed by atoms with Crippen LogP contribution < -0.4 is 0 Å². The van der Waals surface area contributed by atoms with E-state index in [0.29, 0.717) is 32.8 Å². The molecule has 1 aliphatic rings. The standard InChI is InChI=1S/C45H42BrFO4S/c1-31-23-41(46)40(25-36(31)24-39-21-22-43(52-39)35-17-19-37(47)20-18-35)44-45(50-29-34-15-9-4-10-16-34)42(49-28-33-13-7-3-8-14-33)26-38(51-44)30-48-27-32-11-5-2-6-12-32/h2-23,25,38,42,44-45H,24,26-30H2,1H3/t38-,42-,44-,45+/m0/s1. The Bertz CT molecular complexity index is 2000. The fourth-order valence-corrected chi connectivity index (χ4v) is 8.37. The molecule has 266 valence electrons. The van der Waals surface area contributed by atoms with E-state index >= 15 is 0 Å². The quantitative estimate of drug-likeness (QED) is 0.110. The van der Waals surface area contributed by atoms with Gasteiger partial charge in [0.25, 0.3) is 0 Å². The topological polar surface area (TPSA) is 36.9 Å². The van der Waals surface area contributed by atoms with Gasteiger partial charge in [0.1, 0.15) is 18.0 Å². The predicted octanol–water partition coefficient (Wildman–Crippen LogP) is 11.4. The molecule has 0 spiro atoms. The second-order valence-corrected chi connectivity index (χ2v) is 15.3. The lowest BCUT2D eigenvalue weighted by Crippen LogP contribution is -2.47. The number of hydrogen-bond acceptors (Lipinski definition) is 5. The van der Waals surface area contributed by atoms with E-state index in [2.05, 4.69) is 83.5 Å². The molecule has 7 heteroatoms. The Kier molecular flexibility index (Phi) is 12.4. The van der Waals surface area contributed by atoms with Crippen molar-refractivity contribution in [3.8, 4) is 10.4 Å². The van der Waals surface area contributed by atoms with Crippen LogP contribution in [0, 0.1) is 12.7 Å². The van der Waals surface area contributed by atoms with Crippen LogP contribution in [0.3, 0.4) is 0 Å². The summed E-state index contributed by atoms with van der Waals surface area (Å²) in [6.45, 7) is 3.99. The van der Waals surface area contributed by atoms with E-state index in [9.17, 15) is 4.39 Å². The van der Waals surface area contributed by atoms with E-state index < -0.39 is 6.10 Å². The van der Waals surface area contributed by atoms with Crippen LogP contribution in [0.25, 0.3) is 10.4 Å². The first-order valence-corrected chi connectivity index (χ1v) is 19.3. The van der Waals surface area contributed by atoms with Gasteiger partial charge in [-0.1, -0.05) is 125 Å². The molecule has 0 bridgehead atoms. The molecule has 4 atom stereocenters. The Morgan fingerprint density at radius 1 is 0.731 bits per heavy atom. The highest BCUT2D eigenvalue weighted by Crippen LogP contribution is 2.41. The number of hydrogen-bond donors (Lipinski definition) is 0. The van der Waals surface area contributed by atoms with Crippen LogP contribution in [0.2, 0.25) is 0 Å². The average Bonchev–Trinajstić information content (AvgIpc) is 3.64. The molecule has 1 saturated heterocycles. The van der Waals surface area contributed by atoms with Gasteiger partial charge in [-0.2, -0.15) is 0 Å². The van der Waals surface area contributed by atoms with Crippen LogP contribution in [0.15, 0.2) is 144 Å². The minimum Gasteiger partial charge on any atom is -0.374 e. The lowest BCUT2D eigenvalue weighted by molar-refractivity contribution is -0.219.